The first-order valence-electron chi connectivity index (χ1n) is 9.01. The smallest absolute Gasteiger partial charge is 0.191 e. The molecule has 0 saturated heterocycles. The van der Waals surface area contributed by atoms with Crippen molar-refractivity contribution in [2.45, 2.75) is 19.4 Å². The van der Waals surface area contributed by atoms with E-state index in [9.17, 15) is 5.11 Å². The van der Waals surface area contributed by atoms with E-state index in [1.54, 1.807) is 18.2 Å². The summed E-state index contributed by atoms with van der Waals surface area (Å²) in [6.45, 7) is 3.50. The summed E-state index contributed by atoms with van der Waals surface area (Å²) in [5.41, 5.74) is 1.45. The van der Waals surface area contributed by atoms with Crippen LogP contribution in [0.1, 0.15) is 24.4 Å². The highest BCUT2D eigenvalue weighted by Gasteiger charge is 2.10. The van der Waals surface area contributed by atoms with E-state index in [-0.39, 0.29) is 6.54 Å². The average molecular weight is 421 g/mol. The van der Waals surface area contributed by atoms with Gasteiger partial charge in [-0.25, -0.2) is 0 Å². The fourth-order valence-corrected chi connectivity index (χ4v) is 3.29. The predicted octanol–water partition coefficient (Wildman–Crippen LogP) is 2.87. The minimum absolute atomic E-state index is 0.180. The summed E-state index contributed by atoms with van der Waals surface area (Å²) in [6, 6.07) is 10.8. The SMILES string of the molecule is CCNC(=NCC(O)c1cc(Cl)cc(Cl)c1)NCCc1nnc2ccccn12. The molecular weight excluding hydrogens is 399 g/mol. The lowest BCUT2D eigenvalue weighted by Crippen LogP contribution is -2.38. The highest BCUT2D eigenvalue weighted by Crippen LogP contribution is 2.23. The Bertz CT molecular complexity index is 938. The van der Waals surface area contributed by atoms with E-state index in [2.05, 4.69) is 25.8 Å². The van der Waals surface area contributed by atoms with Crippen molar-refractivity contribution < 1.29 is 5.11 Å². The molecule has 0 aliphatic rings. The third kappa shape index (κ3) is 5.34. The summed E-state index contributed by atoms with van der Waals surface area (Å²) in [6.07, 6.45) is 1.82. The van der Waals surface area contributed by atoms with Crippen molar-refractivity contribution in [2.75, 3.05) is 19.6 Å². The molecule has 2 heterocycles. The quantitative estimate of drug-likeness (QED) is 0.404. The van der Waals surface area contributed by atoms with Gasteiger partial charge in [-0.2, -0.15) is 0 Å². The lowest BCUT2D eigenvalue weighted by atomic mass is 10.1. The minimum atomic E-state index is -0.799. The number of hydrogen-bond acceptors (Lipinski definition) is 4. The van der Waals surface area contributed by atoms with E-state index >= 15 is 0 Å². The summed E-state index contributed by atoms with van der Waals surface area (Å²) in [4.78, 5) is 4.45. The van der Waals surface area contributed by atoms with Gasteiger partial charge in [-0.05, 0) is 42.8 Å². The molecule has 0 amide bonds. The minimum Gasteiger partial charge on any atom is -0.386 e. The van der Waals surface area contributed by atoms with Gasteiger partial charge < -0.3 is 15.7 Å². The standard InChI is InChI=1S/C19H22Cl2N6O/c1-2-22-19(24-12-16(28)13-9-14(20)11-15(21)10-13)23-7-6-18-26-25-17-5-3-4-8-27(17)18/h3-5,8-11,16,28H,2,6-7,12H2,1H3,(H2,22,23,24). The van der Waals surface area contributed by atoms with Gasteiger partial charge in [0.2, 0.25) is 0 Å². The molecule has 0 radical (unpaired) electrons. The molecule has 3 N–H and O–H groups in total. The molecule has 7 nitrogen and oxygen atoms in total. The van der Waals surface area contributed by atoms with Crippen LogP contribution < -0.4 is 10.6 Å². The molecule has 0 fully saturated rings. The van der Waals surface area contributed by atoms with Crippen molar-refractivity contribution in [3.05, 3.63) is 64.0 Å². The number of nitrogens with zero attached hydrogens (tertiary/aromatic N) is 4. The molecule has 1 atom stereocenters. The van der Waals surface area contributed by atoms with E-state index in [0.29, 0.717) is 41.1 Å². The van der Waals surface area contributed by atoms with E-state index < -0.39 is 6.10 Å². The lowest BCUT2D eigenvalue weighted by molar-refractivity contribution is 0.187. The van der Waals surface area contributed by atoms with E-state index in [1.807, 2.05) is 35.7 Å². The Morgan fingerprint density at radius 3 is 2.71 bits per heavy atom. The Kier molecular flexibility index (Phi) is 7.08. The van der Waals surface area contributed by atoms with Crippen LogP contribution in [0.2, 0.25) is 10.0 Å². The van der Waals surface area contributed by atoms with Crippen LogP contribution in [0.3, 0.4) is 0 Å². The van der Waals surface area contributed by atoms with Gasteiger partial charge in [-0.3, -0.25) is 9.39 Å². The molecule has 9 heteroatoms. The number of halogens is 2. The number of fused-ring (bicyclic) bond motifs is 1. The first-order chi connectivity index (χ1) is 13.6. The van der Waals surface area contributed by atoms with Crippen molar-refractivity contribution in [3.8, 4) is 0 Å². The lowest BCUT2D eigenvalue weighted by Gasteiger charge is -2.13. The Morgan fingerprint density at radius 1 is 1.18 bits per heavy atom. The molecular formula is C19H22Cl2N6O. The van der Waals surface area contributed by atoms with Gasteiger partial charge in [0.15, 0.2) is 11.6 Å². The molecule has 2 aromatic heterocycles. The zero-order chi connectivity index (χ0) is 19.9. The molecule has 0 bridgehead atoms. The maximum Gasteiger partial charge on any atom is 0.191 e. The van der Waals surface area contributed by atoms with Crippen molar-refractivity contribution in [1.29, 1.82) is 0 Å². The Balaban J connectivity index is 1.59. The average Bonchev–Trinajstić information content (AvgIpc) is 3.08. The van der Waals surface area contributed by atoms with Gasteiger partial charge in [0.25, 0.3) is 0 Å². The fraction of sp³-hybridized carbons (Fsp3) is 0.316. The highest BCUT2D eigenvalue weighted by molar-refractivity contribution is 6.34. The van der Waals surface area contributed by atoms with Gasteiger partial charge in [0.05, 0.1) is 12.6 Å². The number of rotatable bonds is 7. The molecule has 1 aromatic carbocycles. The monoisotopic (exact) mass is 420 g/mol. The molecule has 28 heavy (non-hydrogen) atoms. The molecule has 3 rings (SSSR count). The predicted molar refractivity (Wildman–Crippen MR) is 112 cm³/mol. The van der Waals surface area contributed by atoms with E-state index in [1.165, 1.54) is 0 Å². The summed E-state index contributed by atoms with van der Waals surface area (Å²) in [7, 11) is 0. The van der Waals surface area contributed by atoms with Crippen LogP contribution in [0.5, 0.6) is 0 Å². The van der Waals surface area contributed by atoms with Crippen LogP contribution in [0.4, 0.5) is 0 Å². The molecule has 148 valence electrons. The Labute approximate surface area is 173 Å². The second-order valence-electron chi connectivity index (χ2n) is 6.16. The zero-order valence-corrected chi connectivity index (χ0v) is 17.0. The number of guanidine groups is 1. The summed E-state index contributed by atoms with van der Waals surface area (Å²) < 4.78 is 1.96. The summed E-state index contributed by atoms with van der Waals surface area (Å²) >= 11 is 12.0. The van der Waals surface area contributed by atoms with Crippen LogP contribution >= 0.6 is 23.2 Å². The zero-order valence-electron chi connectivity index (χ0n) is 15.4. The maximum atomic E-state index is 10.4. The molecule has 0 spiro atoms. The number of benzene rings is 1. The number of aliphatic imine (C=N–C) groups is 1. The molecule has 3 aromatic rings. The normalized spacial score (nSPS) is 12.9. The molecule has 0 saturated carbocycles. The van der Waals surface area contributed by atoms with E-state index in [4.69, 9.17) is 23.2 Å². The van der Waals surface area contributed by atoms with Crippen molar-refractivity contribution >= 4 is 34.8 Å². The number of aliphatic hydroxyl groups is 1. The summed E-state index contributed by atoms with van der Waals surface area (Å²) in [5.74, 6) is 1.48. The van der Waals surface area contributed by atoms with Gasteiger partial charge >= 0.3 is 0 Å². The molecule has 0 aliphatic heterocycles. The first-order valence-corrected chi connectivity index (χ1v) is 9.77. The van der Waals surface area contributed by atoms with Gasteiger partial charge in [-0.1, -0.05) is 29.3 Å². The van der Waals surface area contributed by atoms with Crippen LogP contribution in [-0.4, -0.2) is 45.3 Å². The van der Waals surface area contributed by atoms with Crippen LogP contribution in [0.15, 0.2) is 47.6 Å². The van der Waals surface area contributed by atoms with Crippen molar-refractivity contribution in [2.24, 2.45) is 4.99 Å². The topological polar surface area (TPSA) is 86.8 Å². The third-order valence-corrected chi connectivity index (χ3v) is 4.50. The largest absolute Gasteiger partial charge is 0.386 e. The highest BCUT2D eigenvalue weighted by atomic mass is 35.5. The van der Waals surface area contributed by atoms with Crippen LogP contribution in [-0.2, 0) is 6.42 Å². The molecule has 1 unspecified atom stereocenters. The number of aromatic nitrogens is 3. The number of hydrogen-bond donors (Lipinski definition) is 3. The second-order valence-corrected chi connectivity index (χ2v) is 7.03. The van der Waals surface area contributed by atoms with Gasteiger partial charge in [0, 0.05) is 35.8 Å². The number of pyridine rings is 1. The first kappa shape index (κ1) is 20.4. The second kappa shape index (κ2) is 9.73. The van der Waals surface area contributed by atoms with E-state index in [0.717, 1.165) is 11.5 Å². The number of aliphatic hydroxyl groups excluding tert-OH is 1. The van der Waals surface area contributed by atoms with Crippen molar-refractivity contribution in [3.63, 3.8) is 0 Å². The third-order valence-electron chi connectivity index (χ3n) is 4.06. The Hall–Kier alpha value is -2.35. The van der Waals surface area contributed by atoms with Gasteiger partial charge in [-0.15, -0.1) is 10.2 Å². The Morgan fingerprint density at radius 2 is 1.96 bits per heavy atom. The van der Waals surface area contributed by atoms with Gasteiger partial charge in [0.1, 0.15) is 5.82 Å². The van der Waals surface area contributed by atoms with Crippen LogP contribution in [0, 0.1) is 0 Å². The molecule has 0 aliphatic carbocycles. The van der Waals surface area contributed by atoms with Crippen LogP contribution in [0.25, 0.3) is 5.65 Å². The summed E-state index contributed by atoms with van der Waals surface area (Å²) in [5, 5.41) is 26.1. The maximum absolute atomic E-state index is 10.4. The van der Waals surface area contributed by atoms with Crippen molar-refractivity contribution in [1.82, 2.24) is 25.2 Å². The fourth-order valence-electron chi connectivity index (χ4n) is 2.75. The number of nitrogens with one attached hydrogen (secondary N) is 2.